The van der Waals surface area contributed by atoms with Crippen molar-refractivity contribution in [2.75, 3.05) is 5.43 Å². The molecule has 86 valence electrons. The summed E-state index contributed by atoms with van der Waals surface area (Å²) in [4.78, 5) is 4.10. The average molecular weight is 266 g/mol. The van der Waals surface area contributed by atoms with Crippen LogP contribution in [0.1, 0.15) is 5.69 Å². The molecule has 1 aromatic carbocycles. The Morgan fingerprint density at radius 3 is 2.82 bits per heavy atom. The van der Waals surface area contributed by atoms with Gasteiger partial charge in [0.15, 0.2) is 0 Å². The topological polar surface area (TPSA) is 37.3 Å². The molecule has 2 aromatic rings. The summed E-state index contributed by atoms with van der Waals surface area (Å²) in [5, 5.41) is 5.20. The van der Waals surface area contributed by atoms with Gasteiger partial charge >= 0.3 is 0 Å². The van der Waals surface area contributed by atoms with Crippen LogP contribution in [-0.4, -0.2) is 11.2 Å². The van der Waals surface area contributed by atoms with Crippen molar-refractivity contribution in [3.63, 3.8) is 0 Å². The maximum Gasteiger partial charge on any atom is 0.0830 e. The van der Waals surface area contributed by atoms with Gasteiger partial charge in [-0.05, 0) is 30.3 Å². The van der Waals surface area contributed by atoms with E-state index in [0.29, 0.717) is 15.7 Å². The lowest BCUT2D eigenvalue weighted by Gasteiger charge is -2.02. The average Bonchev–Trinajstić information content (AvgIpc) is 2.35. The van der Waals surface area contributed by atoms with Crippen LogP contribution in [0.4, 0.5) is 5.69 Å². The first-order valence-electron chi connectivity index (χ1n) is 4.91. The van der Waals surface area contributed by atoms with Crippen LogP contribution in [0.25, 0.3) is 0 Å². The van der Waals surface area contributed by atoms with Crippen molar-refractivity contribution in [1.82, 2.24) is 4.98 Å². The molecule has 0 bridgehead atoms. The molecule has 0 amide bonds. The number of benzene rings is 1. The number of rotatable bonds is 3. The summed E-state index contributed by atoms with van der Waals surface area (Å²) in [6, 6.07) is 10.7. The van der Waals surface area contributed by atoms with Crippen LogP contribution in [0.3, 0.4) is 0 Å². The fourth-order valence-electron chi connectivity index (χ4n) is 1.20. The van der Waals surface area contributed by atoms with E-state index in [2.05, 4.69) is 15.5 Å². The summed E-state index contributed by atoms with van der Waals surface area (Å²) < 4.78 is 0. The summed E-state index contributed by atoms with van der Waals surface area (Å²) in [6.45, 7) is 0. The zero-order valence-corrected chi connectivity index (χ0v) is 10.3. The number of nitrogens with one attached hydrogen (secondary N) is 1. The molecule has 0 spiro atoms. The Labute approximate surface area is 109 Å². The molecule has 1 aromatic heterocycles. The third-order valence-corrected chi connectivity index (χ3v) is 2.56. The molecule has 17 heavy (non-hydrogen) atoms. The number of aromatic nitrogens is 1. The van der Waals surface area contributed by atoms with Crippen molar-refractivity contribution in [2.24, 2.45) is 5.10 Å². The summed E-state index contributed by atoms with van der Waals surface area (Å²) in [5.41, 5.74) is 4.24. The van der Waals surface area contributed by atoms with E-state index in [-0.39, 0.29) is 0 Å². The first kappa shape index (κ1) is 11.9. The third-order valence-electron chi connectivity index (χ3n) is 2.00. The summed E-state index contributed by atoms with van der Waals surface area (Å²) in [6.07, 6.45) is 3.31. The number of hydrogen-bond donors (Lipinski definition) is 1. The van der Waals surface area contributed by atoms with E-state index < -0.39 is 0 Å². The van der Waals surface area contributed by atoms with Crippen molar-refractivity contribution in [3.05, 3.63) is 58.3 Å². The van der Waals surface area contributed by atoms with Crippen molar-refractivity contribution >= 4 is 35.1 Å². The predicted octanol–water partition coefficient (Wildman–Crippen LogP) is 3.83. The number of hydrazone groups is 1. The molecule has 1 N–H and O–H groups in total. The van der Waals surface area contributed by atoms with Gasteiger partial charge in [0, 0.05) is 11.2 Å². The molecular formula is C12H9Cl2N3. The zero-order valence-electron chi connectivity index (χ0n) is 8.77. The number of anilines is 1. The van der Waals surface area contributed by atoms with Crippen LogP contribution in [0, 0.1) is 0 Å². The van der Waals surface area contributed by atoms with Gasteiger partial charge in [0.2, 0.25) is 0 Å². The summed E-state index contributed by atoms with van der Waals surface area (Å²) >= 11 is 11.8. The second-order valence-electron chi connectivity index (χ2n) is 3.25. The third kappa shape index (κ3) is 3.44. The lowest BCUT2D eigenvalue weighted by molar-refractivity contribution is 1.28. The molecular weight excluding hydrogens is 257 g/mol. The largest absolute Gasteiger partial charge is 0.277 e. The number of pyridine rings is 1. The number of nitrogens with zero attached hydrogens (tertiary/aromatic N) is 2. The normalized spacial score (nSPS) is 10.7. The molecule has 2 rings (SSSR count). The Balaban J connectivity index is 2.07. The SMILES string of the molecule is Clc1ccc(Cl)c(N/N=C\c2ccccn2)c1. The van der Waals surface area contributed by atoms with Gasteiger partial charge in [0.1, 0.15) is 0 Å². The Morgan fingerprint density at radius 2 is 2.06 bits per heavy atom. The van der Waals surface area contributed by atoms with Crippen LogP contribution in [0.15, 0.2) is 47.7 Å². The highest BCUT2D eigenvalue weighted by Gasteiger charge is 1.98. The van der Waals surface area contributed by atoms with Gasteiger partial charge in [-0.15, -0.1) is 0 Å². The minimum Gasteiger partial charge on any atom is -0.277 e. The van der Waals surface area contributed by atoms with Gasteiger partial charge in [0.05, 0.1) is 22.6 Å². The van der Waals surface area contributed by atoms with Gasteiger partial charge in [-0.3, -0.25) is 10.4 Å². The molecule has 0 atom stereocenters. The fraction of sp³-hybridized carbons (Fsp3) is 0. The second kappa shape index (κ2) is 5.66. The minimum atomic E-state index is 0.563. The van der Waals surface area contributed by atoms with Crippen molar-refractivity contribution in [1.29, 1.82) is 0 Å². The van der Waals surface area contributed by atoms with Crippen LogP contribution in [-0.2, 0) is 0 Å². The maximum atomic E-state index is 5.97. The predicted molar refractivity (Wildman–Crippen MR) is 71.9 cm³/mol. The number of halogens is 2. The quantitative estimate of drug-likeness (QED) is 0.677. The van der Waals surface area contributed by atoms with Crippen LogP contribution < -0.4 is 5.43 Å². The Kier molecular flexibility index (Phi) is 3.96. The molecule has 1 heterocycles. The monoisotopic (exact) mass is 265 g/mol. The smallest absolute Gasteiger partial charge is 0.0830 e. The zero-order chi connectivity index (χ0) is 12.1. The molecule has 0 aliphatic rings. The van der Waals surface area contributed by atoms with E-state index in [0.717, 1.165) is 5.69 Å². The Bertz CT molecular complexity index is 527. The highest BCUT2D eigenvalue weighted by Crippen LogP contribution is 2.25. The van der Waals surface area contributed by atoms with E-state index >= 15 is 0 Å². The lowest BCUT2D eigenvalue weighted by atomic mass is 10.3. The molecule has 0 unspecified atom stereocenters. The molecule has 3 nitrogen and oxygen atoms in total. The molecule has 0 aliphatic heterocycles. The van der Waals surface area contributed by atoms with E-state index in [1.54, 1.807) is 30.6 Å². The van der Waals surface area contributed by atoms with E-state index in [1.807, 2.05) is 18.2 Å². The molecule has 0 saturated heterocycles. The highest BCUT2D eigenvalue weighted by atomic mass is 35.5. The standard InChI is InChI=1S/C12H9Cl2N3/c13-9-4-5-11(14)12(7-9)17-16-8-10-3-1-2-6-15-10/h1-8,17H/b16-8-. The van der Waals surface area contributed by atoms with Crippen LogP contribution >= 0.6 is 23.2 Å². The molecule has 0 aliphatic carbocycles. The van der Waals surface area contributed by atoms with Crippen LogP contribution in [0.2, 0.25) is 10.0 Å². The van der Waals surface area contributed by atoms with Gasteiger partial charge in [-0.2, -0.15) is 5.10 Å². The molecule has 0 fully saturated rings. The van der Waals surface area contributed by atoms with E-state index in [4.69, 9.17) is 23.2 Å². The van der Waals surface area contributed by atoms with Gasteiger partial charge in [-0.25, -0.2) is 0 Å². The first-order valence-corrected chi connectivity index (χ1v) is 5.66. The fourth-order valence-corrected chi connectivity index (χ4v) is 1.54. The van der Waals surface area contributed by atoms with Gasteiger partial charge in [0.25, 0.3) is 0 Å². The van der Waals surface area contributed by atoms with Crippen molar-refractivity contribution in [2.45, 2.75) is 0 Å². The summed E-state index contributed by atoms with van der Waals surface area (Å²) in [5.74, 6) is 0. The number of hydrogen-bond acceptors (Lipinski definition) is 3. The second-order valence-corrected chi connectivity index (χ2v) is 4.09. The summed E-state index contributed by atoms with van der Waals surface area (Å²) in [7, 11) is 0. The first-order chi connectivity index (χ1) is 8.25. The van der Waals surface area contributed by atoms with E-state index in [1.165, 1.54) is 0 Å². The van der Waals surface area contributed by atoms with Crippen molar-refractivity contribution in [3.8, 4) is 0 Å². The minimum absolute atomic E-state index is 0.563. The molecule has 0 saturated carbocycles. The molecule has 5 heteroatoms. The highest BCUT2D eigenvalue weighted by molar-refractivity contribution is 6.35. The maximum absolute atomic E-state index is 5.97. The lowest BCUT2D eigenvalue weighted by Crippen LogP contribution is -1.92. The van der Waals surface area contributed by atoms with Crippen LogP contribution in [0.5, 0.6) is 0 Å². The molecule has 0 radical (unpaired) electrons. The Hall–Kier alpha value is -1.58. The Morgan fingerprint density at radius 1 is 1.18 bits per heavy atom. The van der Waals surface area contributed by atoms with Crippen molar-refractivity contribution < 1.29 is 0 Å². The van der Waals surface area contributed by atoms with Gasteiger partial charge in [-0.1, -0.05) is 29.3 Å². The van der Waals surface area contributed by atoms with Gasteiger partial charge < -0.3 is 0 Å². The van der Waals surface area contributed by atoms with E-state index in [9.17, 15) is 0 Å².